The van der Waals surface area contributed by atoms with Crippen molar-refractivity contribution in [3.63, 3.8) is 0 Å². The third kappa shape index (κ3) is 4.14. The molecule has 0 aliphatic heterocycles. The molecule has 0 fully saturated rings. The molecular weight excluding hydrogens is 318 g/mol. The number of nitrogens with one attached hydrogen (secondary N) is 1. The summed E-state index contributed by atoms with van der Waals surface area (Å²) in [5, 5.41) is 20.2. The van der Waals surface area contributed by atoms with Gasteiger partial charge in [0.1, 0.15) is 17.7 Å². The van der Waals surface area contributed by atoms with Gasteiger partial charge in [0.05, 0.1) is 17.2 Å². The molecule has 2 aromatic carbocycles. The third-order valence-electron chi connectivity index (χ3n) is 3.30. The van der Waals surface area contributed by atoms with E-state index in [1.807, 2.05) is 6.07 Å². The highest BCUT2D eigenvalue weighted by molar-refractivity contribution is 5.96. The first-order chi connectivity index (χ1) is 11.4. The van der Waals surface area contributed by atoms with Crippen LogP contribution in [0.5, 0.6) is 0 Å². The van der Waals surface area contributed by atoms with E-state index in [0.29, 0.717) is 17.2 Å². The predicted octanol–water partition coefficient (Wildman–Crippen LogP) is 2.26. The van der Waals surface area contributed by atoms with Crippen LogP contribution in [0.3, 0.4) is 0 Å². The maximum Gasteiger partial charge on any atom is 0.326 e. The lowest BCUT2D eigenvalue weighted by molar-refractivity contribution is -0.139. The molecule has 0 radical (unpaired) electrons. The van der Waals surface area contributed by atoms with Crippen molar-refractivity contribution in [1.29, 1.82) is 5.26 Å². The van der Waals surface area contributed by atoms with Crippen LogP contribution in [0.25, 0.3) is 0 Å². The number of benzene rings is 2. The molecule has 2 aromatic rings. The summed E-state index contributed by atoms with van der Waals surface area (Å²) in [7, 11) is 0. The molecule has 122 valence electrons. The fraction of sp³-hybridized carbons (Fsp3) is 0.118. The van der Waals surface area contributed by atoms with Crippen LogP contribution < -0.4 is 5.32 Å². The highest BCUT2D eigenvalue weighted by Gasteiger charge is 2.22. The number of nitriles is 1. The average Bonchev–Trinajstić information content (AvgIpc) is 2.54. The van der Waals surface area contributed by atoms with E-state index in [2.05, 4.69) is 5.32 Å². The van der Waals surface area contributed by atoms with E-state index < -0.39 is 35.1 Å². The molecule has 0 bridgehead atoms. The van der Waals surface area contributed by atoms with Gasteiger partial charge in [-0.25, -0.2) is 13.6 Å². The quantitative estimate of drug-likeness (QED) is 0.880. The molecule has 5 nitrogen and oxygen atoms in total. The van der Waals surface area contributed by atoms with Gasteiger partial charge >= 0.3 is 5.97 Å². The van der Waals surface area contributed by atoms with Crippen molar-refractivity contribution < 1.29 is 23.5 Å². The minimum Gasteiger partial charge on any atom is -0.480 e. The molecule has 7 heteroatoms. The maximum absolute atomic E-state index is 13.6. The second-order valence-electron chi connectivity index (χ2n) is 5.00. The zero-order valence-electron chi connectivity index (χ0n) is 12.3. The van der Waals surface area contributed by atoms with Crippen molar-refractivity contribution in [2.75, 3.05) is 0 Å². The Bertz CT molecular complexity index is 814. The molecular formula is C17H12F2N2O3. The highest BCUT2D eigenvalue weighted by Crippen LogP contribution is 2.11. The number of hydrogen-bond acceptors (Lipinski definition) is 3. The Balaban J connectivity index is 2.14. The minimum atomic E-state index is -1.30. The number of carboxylic acid groups (broad SMARTS) is 1. The van der Waals surface area contributed by atoms with E-state index in [1.165, 1.54) is 12.1 Å². The second kappa shape index (κ2) is 7.33. The molecule has 24 heavy (non-hydrogen) atoms. The smallest absolute Gasteiger partial charge is 0.326 e. The molecule has 1 atom stereocenters. The first-order valence-electron chi connectivity index (χ1n) is 6.88. The number of carbonyl (C=O) groups excluding carboxylic acids is 1. The number of carboxylic acids is 1. The number of amides is 1. The molecule has 0 spiro atoms. The van der Waals surface area contributed by atoms with Gasteiger partial charge in [-0.1, -0.05) is 12.1 Å². The number of rotatable bonds is 5. The lowest BCUT2D eigenvalue weighted by atomic mass is 10.0. The van der Waals surface area contributed by atoms with Gasteiger partial charge in [0.2, 0.25) is 0 Å². The fourth-order valence-corrected chi connectivity index (χ4v) is 2.06. The van der Waals surface area contributed by atoms with Crippen LogP contribution >= 0.6 is 0 Å². The Kier molecular flexibility index (Phi) is 5.22. The van der Waals surface area contributed by atoms with Gasteiger partial charge in [0, 0.05) is 12.5 Å². The van der Waals surface area contributed by atoms with Crippen LogP contribution in [0.15, 0.2) is 42.5 Å². The van der Waals surface area contributed by atoms with Crippen molar-refractivity contribution in [2.24, 2.45) is 0 Å². The van der Waals surface area contributed by atoms with Crippen molar-refractivity contribution in [1.82, 2.24) is 5.32 Å². The van der Waals surface area contributed by atoms with Gasteiger partial charge in [-0.2, -0.15) is 5.26 Å². The van der Waals surface area contributed by atoms with Crippen LogP contribution in [0, 0.1) is 23.0 Å². The van der Waals surface area contributed by atoms with E-state index in [1.54, 1.807) is 12.1 Å². The minimum absolute atomic E-state index is 0.0460. The summed E-state index contributed by atoms with van der Waals surface area (Å²) in [6, 6.07) is 9.23. The third-order valence-corrected chi connectivity index (χ3v) is 3.30. The summed E-state index contributed by atoms with van der Waals surface area (Å²) in [4.78, 5) is 23.3. The molecule has 0 saturated carbocycles. The van der Waals surface area contributed by atoms with Crippen molar-refractivity contribution in [3.05, 3.63) is 70.8 Å². The summed E-state index contributed by atoms with van der Waals surface area (Å²) >= 11 is 0. The Morgan fingerprint density at radius 1 is 1.17 bits per heavy atom. The number of carbonyl (C=O) groups is 2. The predicted molar refractivity (Wildman–Crippen MR) is 80.1 cm³/mol. The van der Waals surface area contributed by atoms with E-state index >= 15 is 0 Å². The Morgan fingerprint density at radius 3 is 2.38 bits per heavy atom. The zero-order valence-corrected chi connectivity index (χ0v) is 12.3. The first-order valence-corrected chi connectivity index (χ1v) is 6.88. The zero-order chi connectivity index (χ0) is 17.7. The summed E-state index contributed by atoms with van der Waals surface area (Å²) in [5.74, 6) is -4.16. The van der Waals surface area contributed by atoms with Gasteiger partial charge in [-0.3, -0.25) is 4.79 Å². The van der Waals surface area contributed by atoms with Crippen LogP contribution in [0.2, 0.25) is 0 Å². The summed E-state index contributed by atoms with van der Waals surface area (Å²) < 4.78 is 26.4. The molecule has 0 aliphatic carbocycles. The van der Waals surface area contributed by atoms with Crippen molar-refractivity contribution in [2.45, 2.75) is 12.5 Å². The second-order valence-corrected chi connectivity index (χ2v) is 5.00. The molecule has 0 unspecified atom stereocenters. The van der Waals surface area contributed by atoms with Crippen LogP contribution in [0.1, 0.15) is 21.5 Å². The Labute approximate surface area is 136 Å². The number of hydrogen-bond donors (Lipinski definition) is 2. The van der Waals surface area contributed by atoms with Gasteiger partial charge in [0.25, 0.3) is 5.91 Å². The van der Waals surface area contributed by atoms with Gasteiger partial charge in [-0.15, -0.1) is 0 Å². The SMILES string of the molecule is N#Cc1ccc(C[C@@H](NC(=O)c2ccc(F)cc2F)C(=O)O)cc1. The summed E-state index contributed by atoms with van der Waals surface area (Å²) in [6.45, 7) is 0. The topological polar surface area (TPSA) is 90.2 Å². The van der Waals surface area contributed by atoms with Crippen LogP contribution in [-0.2, 0) is 11.2 Å². The largest absolute Gasteiger partial charge is 0.480 e. The maximum atomic E-state index is 13.6. The normalized spacial score (nSPS) is 11.4. The standard InChI is InChI=1S/C17H12F2N2O3/c18-12-5-6-13(14(19)8-12)16(22)21-15(17(23)24)7-10-1-3-11(9-20)4-2-10/h1-6,8,15H,7H2,(H,21,22)(H,23,24)/t15-/m1/s1. The van der Waals surface area contributed by atoms with E-state index in [9.17, 15) is 23.5 Å². The fourth-order valence-electron chi connectivity index (χ4n) is 2.06. The molecule has 0 aliphatic rings. The number of aliphatic carboxylic acids is 1. The lowest BCUT2D eigenvalue weighted by Gasteiger charge is -2.15. The van der Waals surface area contributed by atoms with Gasteiger partial charge in [-0.05, 0) is 29.8 Å². The first kappa shape index (κ1) is 17.1. The van der Waals surface area contributed by atoms with Crippen molar-refractivity contribution >= 4 is 11.9 Å². The molecule has 1 amide bonds. The molecule has 0 aromatic heterocycles. The highest BCUT2D eigenvalue weighted by atomic mass is 19.1. The summed E-state index contributed by atoms with van der Waals surface area (Å²) in [6.07, 6.45) is -0.0460. The Hall–Kier alpha value is -3.27. The van der Waals surface area contributed by atoms with Crippen molar-refractivity contribution in [3.8, 4) is 6.07 Å². The monoisotopic (exact) mass is 330 g/mol. The molecule has 2 rings (SSSR count). The van der Waals surface area contributed by atoms with Gasteiger partial charge in [0.15, 0.2) is 0 Å². The van der Waals surface area contributed by atoms with Gasteiger partial charge < -0.3 is 10.4 Å². The molecule has 2 N–H and O–H groups in total. The number of nitrogens with zero attached hydrogens (tertiary/aromatic N) is 1. The van der Waals surface area contributed by atoms with E-state index in [-0.39, 0.29) is 6.42 Å². The Morgan fingerprint density at radius 2 is 1.83 bits per heavy atom. The van der Waals surface area contributed by atoms with Crippen LogP contribution in [0.4, 0.5) is 8.78 Å². The lowest BCUT2D eigenvalue weighted by Crippen LogP contribution is -2.42. The summed E-state index contributed by atoms with van der Waals surface area (Å²) in [5.41, 5.74) is 0.562. The van der Waals surface area contributed by atoms with E-state index in [4.69, 9.17) is 5.26 Å². The number of halogens is 2. The average molecular weight is 330 g/mol. The molecule has 0 heterocycles. The van der Waals surface area contributed by atoms with E-state index in [0.717, 1.165) is 12.1 Å². The molecule has 0 saturated heterocycles. The van der Waals surface area contributed by atoms with Crippen LogP contribution in [-0.4, -0.2) is 23.0 Å².